The summed E-state index contributed by atoms with van der Waals surface area (Å²) in [5.41, 5.74) is 8.60. The molecule has 1 saturated heterocycles. The summed E-state index contributed by atoms with van der Waals surface area (Å²) < 4.78 is 5.50. The summed E-state index contributed by atoms with van der Waals surface area (Å²) in [6, 6.07) is 14.2. The van der Waals surface area contributed by atoms with Gasteiger partial charge in [-0.1, -0.05) is 42.5 Å². The largest absolute Gasteiger partial charge is 0.477 e. The summed E-state index contributed by atoms with van der Waals surface area (Å²) in [6.07, 6.45) is 0.176. The molecule has 28 heavy (non-hydrogen) atoms. The predicted octanol–water partition coefficient (Wildman–Crippen LogP) is 2.97. The fourth-order valence-corrected chi connectivity index (χ4v) is 4.73. The maximum atomic E-state index is 11.9. The summed E-state index contributed by atoms with van der Waals surface area (Å²) in [7, 11) is 0. The van der Waals surface area contributed by atoms with Gasteiger partial charge in [-0.2, -0.15) is 0 Å². The van der Waals surface area contributed by atoms with Gasteiger partial charge in [0.25, 0.3) is 0 Å². The number of benzene rings is 2. The van der Waals surface area contributed by atoms with Gasteiger partial charge in [0.1, 0.15) is 9.88 Å². The molecule has 0 aliphatic carbocycles. The van der Waals surface area contributed by atoms with Crippen LogP contribution in [0.5, 0.6) is 0 Å². The number of aromatic carboxylic acids is 1. The molecule has 4 N–H and O–H groups in total. The zero-order valence-electron chi connectivity index (χ0n) is 15.3. The Kier molecular flexibility index (Phi) is 5.21. The van der Waals surface area contributed by atoms with Crippen LogP contribution in [0.4, 0.5) is 10.7 Å². The van der Waals surface area contributed by atoms with Crippen LogP contribution in [0.25, 0.3) is 10.8 Å². The van der Waals surface area contributed by atoms with E-state index in [0.717, 1.165) is 21.3 Å². The van der Waals surface area contributed by atoms with E-state index in [4.69, 9.17) is 10.5 Å². The van der Waals surface area contributed by atoms with Crippen molar-refractivity contribution in [1.82, 2.24) is 0 Å². The zero-order chi connectivity index (χ0) is 19.7. The highest BCUT2D eigenvalue weighted by atomic mass is 32.1. The molecule has 0 saturated carbocycles. The first-order valence-electron chi connectivity index (χ1n) is 9.16. The van der Waals surface area contributed by atoms with Crippen LogP contribution in [-0.2, 0) is 11.2 Å². The number of carboxylic acid groups (broad SMARTS) is 1. The molecule has 1 atom stereocenters. The lowest BCUT2D eigenvalue weighted by Gasteiger charge is -2.33. The Labute approximate surface area is 166 Å². The van der Waals surface area contributed by atoms with E-state index in [-0.39, 0.29) is 17.6 Å². The maximum absolute atomic E-state index is 11.9. The van der Waals surface area contributed by atoms with Crippen molar-refractivity contribution < 1.29 is 19.7 Å². The number of carbonyl (C=O) groups is 1. The van der Waals surface area contributed by atoms with Gasteiger partial charge in [-0.25, -0.2) is 4.79 Å². The Bertz CT molecular complexity index is 1020. The van der Waals surface area contributed by atoms with Crippen LogP contribution in [0, 0.1) is 0 Å². The molecule has 2 aromatic carbocycles. The third kappa shape index (κ3) is 3.56. The van der Waals surface area contributed by atoms with Crippen molar-refractivity contribution in [2.45, 2.75) is 12.5 Å². The van der Waals surface area contributed by atoms with E-state index < -0.39 is 5.97 Å². The Morgan fingerprint density at radius 3 is 2.79 bits per heavy atom. The number of carboxylic acids is 1. The van der Waals surface area contributed by atoms with Gasteiger partial charge in [-0.15, -0.1) is 11.3 Å². The van der Waals surface area contributed by atoms with E-state index in [2.05, 4.69) is 12.1 Å². The molecule has 1 aliphatic rings. The number of nitrogens with two attached hydrogens (primary N) is 1. The molecule has 4 rings (SSSR count). The second kappa shape index (κ2) is 7.79. The lowest BCUT2D eigenvalue weighted by molar-refractivity contribution is 0.00378. The van der Waals surface area contributed by atoms with Crippen molar-refractivity contribution in [2.75, 3.05) is 36.9 Å². The number of thiophene rings is 1. The number of aliphatic hydroxyl groups is 1. The van der Waals surface area contributed by atoms with E-state index in [9.17, 15) is 15.0 Å². The van der Waals surface area contributed by atoms with E-state index in [0.29, 0.717) is 37.4 Å². The van der Waals surface area contributed by atoms with Crippen molar-refractivity contribution in [3.8, 4) is 0 Å². The maximum Gasteiger partial charge on any atom is 0.346 e. The first kappa shape index (κ1) is 18.7. The number of aliphatic hydroxyl groups excluding tert-OH is 1. The minimum Gasteiger partial charge on any atom is -0.477 e. The molecule has 1 unspecified atom stereocenters. The quantitative estimate of drug-likeness (QED) is 0.612. The van der Waals surface area contributed by atoms with Crippen LogP contribution >= 0.6 is 11.3 Å². The summed E-state index contributed by atoms with van der Waals surface area (Å²) in [4.78, 5) is 14.2. The average Bonchev–Trinajstić information content (AvgIpc) is 3.04. The average molecular weight is 398 g/mol. The lowest BCUT2D eigenvalue weighted by atomic mass is 10.0. The molecule has 7 heteroatoms. The first-order valence-corrected chi connectivity index (χ1v) is 9.98. The van der Waals surface area contributed by atoms with E-state index >= 15 is 0 Å². The van der Waals surface area contributed by atoms with Gasteiger partial charge in [-0.05, 0) is 16.3 Å². The third-order valence-corrected chi connectivity index (χ3v) is 6.34. The summed E-state index contributed by atoms with van der Waals surface area (Å²) in [6.45, 7) is 1.52. The molecule has 3 aromatic rings. The highest BCUT2D eigenvalue weighted by Crippen LogP contribution is 2.40. The summed E-state index contributed by atoms with van der Waals surface area (Å²) in [5.74, 6) is -0.967. The van der Waals surface area contributed by atoms with E-state index in [1.54, 1.807) is 0 Å². The van der Waals surface area contributed by atoms with Gasteiger partial charge < -0.3 is 25.6 Å². The normalized spacial score (nSPS) is 17.2. The number of nitrogen functional groups attached to an aromatic ring is 1. The highest BCUT2D eigenvalue weighted by molar-refractivity contribution is 7.18. The van der Waals surface area contributed by atoms with Gasteiger partial charge in [0.15, 0.2) is 0 Å². The Hall–Kier alpha value is -2.61. The third-order valence-electron chi connectivity index (χ3n) is 5.05. The second-order valence-corrected chi connectivity index (χ2v) is 7.91. The molecule has 6 nitrogen and oxygen atoms in total. The predicted molar refractivity (Wildman–Crippen MR) is 111 cm³/mol. The lowest BCUT2D eigenvalue weighted by Crippen LogP contribution is -2.44. The van der Waals surface area contributed by atoms with Crippen LogP contribution < -0.4 is 10.6 Å². The SMILES string of the molecule is Nc1c(N2CCOC(CO)C2)sc(C(=O)O)c1Cc1ccc2ccccc2c1. The molecular formula is C21H22N2O4S. The zero-order valence-corrected chi connectivity index (χ0v) is 16.1. The van der Waals surface area contributed by atoms with Crippen LogP contribution in [0.1, 0.15) is 20.8 Å². The smallest absolute Gasteiger partial charge is 0.346 e. The summed E-state index contributed by atoms with van der Waals surface area (Å²) in [5, 5.41) is 22.1. The van der Waals surface area contributed by atoms with Crippen molar-refractivity contribution in [3.63, 3.8) is 0 Å². The number of morpholine rings is 1. The van der Waals surface area contributed by atoms with Crippen LogP contribution in [0.2, 0.25) is 0 Å². The number of nitrogens with zero attached hydrogens (tertiary/aromatic N) is 1. The Morgan fingerprint density at radius 1 is 1.25 bits per heavy atom. The van der Waals surface area contributed by atoms with Crippen molar-refractivity contribution in [1.29, 1.82) is 0 Å². The molecule has 1 fully saturated rings. The highest BCUT2D eigenvalue weighted by Gasteiger charge is 2.27. The van der Waals surface area contributed by atoms with Crippen molar-refractivity contribution in [3.05, 3.63) is 58.5 Å². The minimum absolute atomic E-state index is 0.0719. The van der Waals surface area contributed by atoms with Crippen LogP contribution in [0.3, 0.4) is 0 Å². The number of hydrogen-bond acceptors (Lipinski definition) is 6. The van der Waals surface area contributed by atoms with E-state index in [1.165, 1.54) is 11.3 Å². The van der Waals surface area contributed by atoms with Gasteiger partial charge in [-0.3, -0.25) is 0 Å². The fraction of sp³-hybridized carbons (Fsp3) is 0.286. The molecule has 0 amide bonds. The first-order chi connectivity index (χ1) is 13.6. The molecule has 1 aliphatic heterocycles. The monoisotopic (exact) mass is 398 g/mol. The van der Waals surface area contributed by atoms with Gasteiger partial charge in [0.05, 0.1) is 25.0 Å². The molecule has 146 valence electrons. The van der Waals surface area contributed by atoms with Crippen molar-refractivity contribution >= 4 is 38.8 Å². The van der Waals surface area contributed by atoms with Gasteiger partial charge >= 0.3 is 5.97 Å². The Morgan fingerprint density at radius 2 is 2.04 bits per heavy atom. The molecular weight excluding hydrogens is 376 g/mol. The number of hydrogen-bond donors (Lipinski definition) is 3. The molecule has 0 radical (unpaired) electrons. The topological polar surface area (TPSA) is 96.0 Å². The van der Waals surface area contributed by atoms with Crippen LogP contribution in [0.15, 0.2) is 42.5 Å². The number of anilines is 2. The summed E-state index contributed by atoms with van der Waals surface area (Å²) >= 11 is 1.20. The van der Waals surface area contributed by atoms with E-state index in [1.807, 2.05) is 35.2 Å². The van der Waals surface area contributed by atoms with Crippen molar-refractivity contribution in [2.24, 2.45) is 0 Å². The van der Waals surface area contributed by atoms with Gasteiger partial charge in [0.2, 0.25) is 0 Å². The molecule has 2 heterocycles. The number of fused-ring (bicyclic) bond motifs is 1. The fourth-order valence-electron chi connectivity index (χ4n) is 3.61. The van der Waals surface area contributed by atoms with Crippen LogP contribution in [-0.4, -0.2) is 48.6 Å². The molecule has 0 spiro atoms. The number of rotatable bonds is 5. The Balaban J connectivity index is 1.69. The standard InChI is InChI=1S/C21H22N2O4S/c22-18-17(10-13-5-6-14-3-1-2-4-15(14)9-13)19(21(25)26)28-20(18)23-7-8-27-16(11-23)12-24/h1-6,9,16,24H,7-8,10-12,22H2,(H,25,26). The second-order valence-electron chi connectivity index (χ2n) is 6.91. The minimum atomic E-state index is -0.967. The molecule has 0 bridgehead atoms. The molecule has 1 aromatic heterocycles. The number of ether oxygens (including phenoxy) is 1. The van der Waals surface area contributed by atoms with Gasteiger partial charge in [0, 0.05) is 25.1 Å².